The SMILES string of the molecule is CCCCOC(=O)CCC(=O)OCC1CCCCC1. The third-order valence-corrected chi connectivity index (χ3v) is 3.50. The van der Waals surface area contributed by atoms with Crippen LogP contribution in [-0.2, 0) is 19.1 Å². The summed E-state index contributed by atoms with van der Waals surface area (Å²) < 4.78 is 10.2. The predicted molar refractivity (Wildman–Crippen MR) is 72.6 cm³/mol. The van der Waals surface area contributed by atoms with Crippen molar-refractivity contribution in [2.45, 2.75) is 64.7 Å². The Kier molecular flexibility index (Phi) is 8.26. The molecule has 1 rings (SSSR count). The van der Waals surface area contributed by atoms with Gasteiger partial charge in [-0.2, -0.15) is 0 Å². The van der Waals surface area contributed by atoms with Gasteiger partial charge in [0.05, 0.1) is 26.1 Å². The van der Waals surface area contributed by atoms with E-state index in [0.29, 0.717) is 19.1 Å². The average molecular weight is 270 g/mol. The highest BCUT2D eigenvalue weighted by Gasteiger charge is 2.16. The molecule has 0 spiro atoms. The van der Waals surface area contributed by atoms with Crippen molar-refractivity contribution in [1.82, 2.24) is 0 Å². The van der Waals surface area contributed by atoms with Crippen LogP contribution in [0.3, 0.4) is 0 Å². The van der Waals surface area contributed by atoms with Crippen molar-refractivity contribution >= 4 is 11.9 Å². The Morgan fingerprint density at radius 3 is 2.26 bits per heavy atom. The Labute approximate surface area is 115 Å². The Morgan fingerprint density at radius 1 is 1.00 bits per heavy atom. The van der Waals surface area contributed by atoms with Gasteiger partial charge in [0.2, 0.25) is 0 Å². The number of carbonyl (C=O) groups excluding carboxylic acids is 2. The van der Waals surface area contributed by atoms with Gasteiger partial charge in [0.15, 0.2) is 0 Å². The molecule has 0 N–H and O–H groups in total. The normalized spacial score (nSPS) is 16.1. The molecular formula is C15H26O4. The number of rotatable bonds is 8. The lowest BCUT2D eigenvalue weighted by atomic mass is 9.90. The van der Waals surface area contributed by atoms with Crippen molar-refractivity contribution in [3.63, 3.8) is 0 Å². The molecule has 1 fully saturated rings. The number of hydrogen-bond acceptors (Lipinski definition) is 4. The van der Waals surface area contributed by atoms with E-state index >= 15 is 0 Å². The first-order chi connectivity index (χ1) is 9.22. The van der Waals surface area contributed by atoms with E-state index in [2.05, 4.69) is 0 Å². The fourth-order valence-electron chi connectivity index (χ4n) is 2.24. The molecule has 0 amide bonds. The Hall–Kier alpha value is -1.06. The summed E-state index contributed by atoms with van der Waals surface area (Å²) in [6.07, 6.45) is 8.24. The molecule has 110 valence electrons. The lowest BCUT2D eigenvalue weighted by Gasteiger charge is -2.20. The van der Waals surface area contributed by atoms with Gasteiger partial charge in [-0.1, -0.05) is 32.6 Å². The summed E-state index contributed by atoms with van der Waals surface area (Å²) in [6.45, 7) is 3.01. The zero-order valence-corrected chi connectivity index (χ0v) is 12.0. The standard InChI is InChI=1S/C15H26O4/c1-2-3-11-18-14(16)9-10-15(17)19-12-13-7-5-4-6-8-13/h13H,2-12H2,1H3. The maximum Gasteiger partial charge on any atom is 0.306 e. The molecule has 4 heteroatoms. The highest BCUT2D eigenvalue weighted by Crippen LogP contribution is 2.23. The van der Waals surface area contributed by atoms with Gasteiger partial charge in [0.1, 0.15) is 0 Å². The summed E-state index contributed by atoms with van der Waals surface area (Å²) in [5.74, 6) is -0.0599. The van der Waals surface area contributed by atoms with E-state index < -0.39 is 0 Å². The van der Waals surface area contributed by atoms with E-state index in [0.717, 1.165) is 25.7 Å². The lowest BCUT2D eigenvalue weighted by Crippen LogP contribution is -2.17. The van der Waals surface area contributed by atoms with Crippen LogP contribution in [0.2, 0.25) is 0 Å². The molecule has 0 aromatic carbocycles. The third kappa shape index (κ3) is 7.85. The molecule has 0 heterocycles. The number of esters is 2. The van der Waals surface area contributed by atoms with E-state index in [9.17, 15) is 9.59 Å². The summed E-state index contributed by atoms with van der Waals surface area (Å²) in [7, 11) is 0. The summed E-state index contributed by atoms with van der Waals surface area (Å²) in [4.78, 5) is 22.8. The second-order valence-electron chi connectivity index (χ2n) is 5.26. The van der Waals surface area contributed by atoms with E-state index in [1.807, 2.05) is 6.92 Å². The molecule has 0 saturated heterocycles. The van der Waals surface area contributed by atoms with Crippen LogP contribution in [0.4, 0.5) is 0 Å². The van der Waals surface area contributed by atoms with Crippen LogP contribution in [-0.4, -0.2) is 25.2 Å². The number of carbonyl (C=O) groups is 2. The summed E-state index contributed by atoms with van der Waals surface area (Å²) in [6, 6.07) is 0. The number of ether oxygens (including phenoxy) is 2. The van der Waals surface area contributed by atoms with Gasteiger partial charge in [-0.25, -0.2) is 0 Å². The highest BCUT2D eigenvalue weighted by molar-refractivity contribution is 5.77. The number of hydrogen-bond donors (Lipinski definition) is 0. The van der Waals surface area contributed by atoms with E-state index in [1.165, 1.54) is 19.3 Å². The minimum Gasteiger partial charge on any atom is -0.466 e. The van der Waals surface area contributed by atoms with E-state index in [4.69, 9.17) is 9.47 Å². The maximum atomic E-state index is 11.5. The van der Waals surface area contributed by atoms with Gasteiger partial charge in [0.25, 0.3) is 0 Å². The van der Waals surface area contributed by atoms with Gasteiger partial charge >= 0.3 is 11.9 Å². The van der Waals surface area contributed by atoms with Gasteiger partial charge in [-0.05, 0) is 25.2 Å². The van der Waals surface area contributed by atoms with Crippen LogP contribution in [0.5, 0.6) is 0 Å². The predicted octanol–water partition coefficient (Wildman–Crippen LogP) is 3.23. The van der Waals surface area contributed by atoms with Crippen LogP contribution < -0.4 is 0 Å². The summed E-state index contributed by atoms with van der Waals surface area (Å²) >= 11 is 0. The van der Waals surface area contributed by atoms with Gasteiger partial charge in [-0.15, -0.1) is 0 Å². The van der Waals surface area contributed by atoms with Crippen molar-refractivity contribution in [1.29, 1.82) is 0 Å². The molecule has 1 aliphatic rings. The van der Waals surface area contributed by atoms with Crippen molar-refractivity contribution in [2.24, 2.45) is 5.92 Å². The minimum absolute atomic E-state index is 0.132. The van der Waals surface area contributed by atoms with Crippen LogP contribution in [0.15, 0.2) is 0 Å². The Morgan fingerprint density at radius 2 is 1.63 bits per heavy atom. The van der Waals surface area contributed by atoms with Crippen LogP contribution in [0, 0.1) is 5.92 Å². The highest BCUT2D eigenvalue weighted by atomic mass is 16.5. The van der Waals surface area contributed by atoms with E-state index in [-0.39, 0.29) is 24.8 Å². The van der Waals surface area contributed by atoms with Crippen molar-refractivity contribution in [2.75, 3.05) is 13.2 Å². The first kappa shape index (κ1) is 16.0. The van der Waals surface area contributed by atoms with Crippen molar-refractivity contribution in [3.05, 3.63) is 0 Å². The topological polar surface area (TPSA) is 52.6 Å². The molecule has 19 heavy (non-hydrogen) atoms. The van der Waals surface area contributed by atoms with Crippen LogP contribution >= 0.6 is 0 Å². The summed E-state index contributed by atoms with van der Waals surface area (Å²) in [5.41, 5.74) is 0. The molecule has 0 unspecified atom stereocenters. The fourth-order valence-corrected chi connectivity index (χ4v) is 2.24. The molecule has 1 aliphatic carbocycles. The number of unbranched alkanes of at least 4 members (excludes halogenated alkanes) is 1. The molecule has 0 aromatic rings. The zero-order chi connectivity index (χ0) is 13.9. The molecule has 0 bridgehead atoms. The summed E-state index contributed by atoms with van der Waals surface area (Å²) in [5, 5.41) is 0. The molecule has 1 saturated carbocycles. The third-order valence-electron chi connectivity index (χ3n) is 3.50. The monoisotopic (exact) mass is 270 g/mol. The van der Waals surface area contributed by atoms with E-state index in [1.54, 1.807) is 0 Å². The zero-order valence-electron chi connectivity index (χ0n) is 12.0. The minimum atomic E-state index is -0.303. The largest absolute Gasteiger partial charge is 0.466 e. The first-order valence-corrected chi connectivity index (χ1v) is 7.53. The molecule has 0 atom stereocenters. The molecule has 0 aromatic heterocycles. The van der Waals surface area contributed by atoms with Crippen molar-refractivity contribution in [3.8, 4) is 0 Å². The Bertz CT molecular complexity index is 269. The molecule has 4 nitrogen and oxygen atoms in total. The smallest absolute Gasteiger partial charge is 0.306 e. The molecular weight excluding hydrogens is 244 g/mol. The van der Waals surface area contributed by atoms with Gasteiger partial charge in [-0.3, -0.25) is 9.59 Å². The van der Waals surface area contributed by atoms with Crippen LogP contribution in [0.1, 0.15) is 64.7 Å². The van der Waals surface area contributed by atoms with Gasteiger partial charge in [0, 0.05) is 0 Å². The second kappa shape index (κ2) is 9.82. The second-order valence-corrected chi connectivity index (χ2v) is 5.26. The molecule has 0 aliphatic heterocycles. The maximum absolute atomic E-state index is 11.5. The molecule has 0 radical (unpaired) electrons. The van der Waals surface area contributed by atoms with Crippen LogP contribution in [0.25, 0.3) is 0 Å². The van der Waals surface area contributed by atoms with Gasteiger partial charge < -0.3 is 9.47 Å². The van der Waals surface area contributed by atoms with Crippen molar-refractivity contribution < 1.29 is 19.1 Å². The Balaban J connectivity index is 2.02. The quantitative estimate of drug-likeness (QED) is 0.502. The fraction of sp³-hybridized carbons (Fsp3) is 0.867. The first-order valence-electron chi connectivity index (χ1n) is 7.53. The lowest BCUT2D eigenvalue weighted by molar-refractivity contribution is -0.151. The average Bonchev–Trinajstić information content (AvgIpc) is 2.44.